The summed E-state index contributed by atoms with van der Waals surface area (Å²) in [4.78, 5) is 14.1. The molecule has 0 aliphatic carbocycles. The Balaban J connectivity index is 2.02. The Kier molecular flexibility index (Phi) is 3.54. The second-order valence-corrected chi connectivity index (χ2v) is 4.45. The van der Waals surface area contributed by atoms with E-state index in [9.17, 15) is 4.79 Å². The van der Waals surface area contributed by atoms with Crippen LogP contribution >= 0.6 is 0 Å². The maximum Gasteiger partial charge on any atom is 0.234 e. The first-order valence-electron chi connectivity index (χ1n) is 5.78. The topological polar surface area (TPSA) is 56.2 Å². The van der Waals surface area contributed by atoms with Gasteiger partial charge in [-0.2, -0.15) is 0 Å². The van der Waals surface area contributed by atoms with Crippen molar-refractivity contribution in [2.45, 2.75) is 6.42 Å². The Morgan fingerprint density at radius 1 is 1.41 bits per heavy atom. The molecule has 1 aliphatic rings. The van der Waals surface area contributed by atoms with Crippen molar-refractivity contribution < 1.29 is 4.79 Å². The van der Waals surface area contributed by atoms with Crippen molar-refractivity contribution in [2.24, 2.45) is 5.92 Å². The maximum atomic E-state index is 12.0. The number of carbonyl (C=O) groups excluding carboxylic acids is 1. The molecule has 1 amide bonds. The smallest absolute Gasteiger partial charge is 0.234 e. The number of likely N-dealkylation sites (tertiary alicyclic amines) is 1. The van der Waals surface area contributed by atoms with Crippen LogP contribution in [0.2, 0.25) is 0 Å². The quantitative estimate of drug-likeness (QED) is 0.812. The lowest BCUT2D eigenvalue weighted by Crippen LogP contribution is -2.44. The Hall–Kier alpha value is -1.68. The average molecular weight is 231 g/mol. The molecule has 0 radical (unpaired) electrons. The van der Waals surface area contributed by atoms with Crippen molar-refractivity contribution in [3.63, 3.8) is 0 Å². The summed E-state index contributed by atoms with van der Waals surface area (Å²) in [7, 11) is 1.98. The number of piperidine rings is 1. The van der Waals surface area contributed by atoms with Gasteiger partial charge in [-0.3, -0.25) is 4.79 Å². The molecule has 1 aliphatic heterocycles. The number of hydrogen-bond donors (Lipinski definition) is 2. The van der Waals surface area contributed by atoms with Crippen LogP contribution in [0.15, 0.2) is 30.3 Å². The number of nitrogens with zero attached hydrogens (tertiary/aromatic N) is 1. The molecule has 0 unspecified atom stereocenters. The lowest BCUT2D eigenvalue weighted by atomic mass is 9.95. The van der Waals surface area contributed by atoms with Crippen LogP contribution in [0.3, 0.4) is 0 Å². The lowest BCUT2D eigenvalue weighted by molar-refractivity contribution is -0.118. The van der Waals surface area contributed by atoms with E-state index in [1.54, 1.807) is 0 Å². The molecule has 0 spiro atoms. The molecule has 2 N–H and O–H groups in total. The highest BCUT2D eigenvalue weighted by molar-refractivity contribution is 6.08. The van der Waals surface area contributed by atoms with Gasteiger partial charge in [-0.05, 0) is 25.6 Å². The zero-order valence-corrected chi connectivity index (χ0v) is 9.94. The standard InChI is InChI=1S/C13H17N3O/c1-16-8-7-12(14)11(9-16)13(17)15-10-5-3-2-4-6-10/h2-6,11,14H,7-9H2,1H3,(H,15,17)/t11-/m1/s1. The summed E-state index contributed by atoms with van der Waals surface area (Å²) in [5, 5.41) is 10.7. The van der Waals surface area contributed by atoms with Gasteiger partial charge in [0, 0.05) is 24.5 Å². The molecule has 1 atom stereocenters. The summed E-state index contributed by atoms with van der Waals surface area (Å²) < 4.78 is 0. The predicted octanol–water partition coefficient (Wildman–Crippen LogP) is 1.60. The molecule has 17 heavy (non-hydrogen) atoms. The second-order valence-electron chi connectivity index (χ2n) is 4.45. The summed E-state index contributed by atoms with van der Waals surface area (Å²) in [6.45, 7) is 1.51. The molecule has 1 aromatic rings. The van der Waals surface area contributed by atoms with E-state index >= 15 is 0 Å². The molecule has 4 nitrogen and oxygen atoms in total. The van der Waals surface area contributed by atoms with Crippen molar-refractivity contribution in [2.75, 3.05) is 25.5 Å². The lowest BCUT2D eigenvalue weighted by Gasteiger charge is -2.29. The third-order valence-electron chi connectivity index (χ3n) is 3.04. The fourth-order valence-electron chi connectivity index (χ4n) is 1.99. The van der Waals surface area contributed by atoms with Crippen LogP contribution in [0.25, 0.3) is 0 Å². The highest BCUT2D eigenvalue weighted by Crippen LogP contribution is 2.15. The highest BCUT2D eigenvalue weighted by atomic mass is 16.1. The number of carbonyl (C=O) groups is 1. The summed E-state index contributed by atoms with van der Waals surface area (Å²) in [5.41, 5.74) is 1.33. The van der Waals surface area contributed by atoms with Crippen LogP contribution in [0.5, 0.6) is 0 Å². The Morgan fingerprint density at radius 3 is 2.82 bits per heavy atom. The molecule has 1 heterocycles. The number of anilines is 1. The van der Waals surface area contributed by atoms with Crippen LogP contribution in [0.1, 0.15) is 6.42 Å². The van der Waals surface area contributed by atoms with Crippen molar-refractivity contribution in [3.05, 3.63) is 30.3 Å². The van der Waals surface area contributed by atoms with Crippen molar-refractivity contribution in [1.29, 1.82) is 5.41 Å². The van der Waals surface area contributed by atoms with Crippen LogP contribution in [0, 0.1) is 11.3 Å². The average Bonchev–Trinajstić information content (AvgIpc) is 2.33. The predicted molar refractivity (Wildman–Crippen MR) is 68.4 cm³/mol. The summed E-state index contributed by atoms with van der Waals surface area (Å²) in [6, 6.07) is 9.38. The van der Waals surface area contributed by atoms with Crippen LogP contribution in [0.4, 0.5) is 5.69 Å². The molecule has 1 fully saturated rings. The van der Waals surface area contributed by atoms with Crippen molar-refractivity contribution in [1.82, 2.24) is 4.90 Å². The first-order chi connectivity index (χ1) is 8.16. The summed E-state index contributed by atoms with van der Waals surface area (Å²) in [5.74, 6) is -0.387. The Labute approximate surface area is 101 Å². The Morgan fingerprint density at radius 2 is 2.12 bits per heavy atom. The molecular formula is C13H17N3O. The monoisotopic (exact) mass is 231 g/mol. The number of hydrogen-bond acceptors (Lipinski definition) is 3. The van der Waals surface area contributed by atoms with E-state index < -0.39 is 0 Å². The third-order valence-corrected chi connectivity index (χ3v) is 3.04. The molecule has 0 saturated carbocycles. The van der Waals surface area contributed by atoms with Crippen LogP contribution in [-0.4, -0.2) is 36.7 Å². The molecular weight excluding hydrogens is 214 g/mol. The van der Waals surface area contributed by atoms with Gasteiger partial charge in [0.25, 0.3) is 0 Å². The van der Waals surface area contributed by atoms with Gasteiger partial charge in [0.2, 0.25) is 5.91 Å². The second kappa shape index (κ2) is 5.10. The molecule has 4 heteroatoms. The van der Waals surface area contributed by atoms with Gasteiger partial charge in [-0.25, -0.2) is 0 Å². The first kappa shape index (κ1) is 11.8. The van der Waals surface area contributed by atoms with Crippen molar-refractivity contribution >= 4 is 17.3 Å². The summed E-state index contributed by atoms with van der Waals surface area (Å²) >= 11 is 0. The Bertz CT molecular complexity index is 416. The van der Waals surface area contributed by atoms with E-state index in [-0.39, 0.29) is 11.8 Å². The molecule has 0 aromatic heterocycles. The van der Waals surface area contributed by atoms with Gasteiger partial charge in [-0.15, -0.1) is 0 Å². The third kappa shape index (κ3) is 2.91. The number of nitrogens with one attached hydrogen (secondary N) is 2. The van der Waals surface area contributed by atoms with Crippen LogP contribution < -0.4 is 5.32 Å². The maximum absolute atomic E-state index is 12.0. The van der Waals surface area contributed by atoms with Crippen molar-refractivity contribution in [3.8, 4) is 0 Å². The highest BCUT2D eigenvalue weighted by Gasteiger charge is 2.28. The van der Waals surface area contributed by atoms with Gasteiger partial charge in [0.1, 0.15) is 0 Å². The molecule has 2 rings (SSSR count). The largest absolute Gasteiger partial charge is 0.325 e. The fraction of sp³-hybridized carbons (Fsp3) is 0.385. The van der Waals surface area contributed by atoms with Gasteiger partial charge >= 0.3 is 0 Å². The summed E-state index contributed by atoms with van der Waals surface area (Å²) in [6.07, 6.45) is 0.684. The zero-order chi connectivity index (χ0) is 12.3. The van der Waals surface area contributed by atoms with Gasteiger partial charge < -0.3 is 15.6 Å². The van der Waals surface area contributed by atoms with Gasteiger partial charge in [0.15, 0.2) is 0 Å². The minimum atomic E-state index is -0.311. The van der Waals surface area contributed by atoms with E-state index in [0.717, 1.165) is 12.2 Å². The van der Waals surface area contributed by atoms with Gasteiger partial charge in [-0.1, -0.05) is 18.2 Å². The number of rotatable bonds is 2. The first-order valence-corrected chi connectivity index (χ1v) is 5.78. The van der Waals surface area contributed by atoms with E-state index in [2.05, 4.69) is 10.2 Å². The SMILES string of the molecule is CN1CCC(=N)[C@H](C(=O)Nc2ccccc2)C1. The molecule has 90 valence electrons. The normalized spacial score (nSPS) is 21.2. The molecule has 1 saturated heterocycles. The molecule has 0 bridgehead atoms. The van der Waals surface area contributed by atoms with E-state index in [1.165, 1.54) is 0 Å². The van der Waals surface area contributed by atoms with E-state index in [1.807, 2.05) is 37.4 Å². The van der Waals surface area contributed by atoms with E-state index in [4.69, 9.17) is 5.41 Å². The minimum absolute atomic E-state index is 0.0762. The molecule has 1 aromatic carbocycles. The van der Waals surface area contributed by atoms with Crippen LogP contribution in [-0.2, 0) is 4.79 Å². The zero-order valence-electron chi connectivity index (χ0n) is 9.94. The number of para-hydroxylation sites is 1. The van der Waals surface area contributed by atoms with E-state index in [0.29, 0.717) is 18.7 Å². The van der Waals surface area contributed by atoms with Gasteiger partial charge in [0.05, 0.1) is 5.92 Å². The number of amides is 1. The fourth-order valence-corrected chi connectivity index (χ4v) is 1.99. The minimum Gasteiger partial charge on any atom is -0.325 e. The number of benzene rings is 1.